The monoisotopic (exact) mass is 1120 g/mol. The predicted octanol–water partition coefficient (Wildman–Crippen LogP) is 15.1. The van der Waals surface area contributed by atoms with Gasteiger partial charge in [-0.3, -0.25) is 19.2 Å². The maximum Gasteiger partial charge on any atom is 0.313 e. The summed E-state index contributed by atoms with van der Waals surface area (Å²) >= 11 is 0. The zero-order chi connectivity index (χ0) is 57.5. The number of hydrogen-bond acceptors (Lipinski definition) is 12. The lowest BCUT2D eigenvalue weighted by molar-refractivity contribution is -0.224. The molecule has 0 aromatic heterocycles. The van der Waals surface area contributed by atoms with Gasteiger partial charge in [0.1, 0.15) is 0 Å². The lowest BCUT2D eigenvalue weighted by atomic mass is 9.55. The molecule has 456 valence electrons. The van der Waals surface area contributed by atoms with Gasteiger partial charge in [-0.05, 0) is 305 Å². The molecule has 0 radical (unpaired) electrons. The summed E-state index contributed by atoms with van der Waals surface area (Å²) in [5.41, 5.74) is -1.60. The predicted molar refractivity (Wildman–Crippen MR) is 308 cm³/mol. The maximum atomic E-state index is 12.2. The van der Waals surface area contributed by atoms with Crippen molar-refractivity contribution in [2.24, 2.45) is 116 Å². The molecule has 0 heterocycles. The van der Waals surface area contributed by atoms with Crippen LogP contribution in [0.5, 0.6) is 0 Å². The Kier molecular flexibility index (Phi) is 20.0. The van der Waals surface area contributed by atoms with Gasteiger partial charge in [0.05, 0.1) is 46.1 Å². The van der Waals surface area contributed by atoms with E-state index >= 15 is 0 Å². The zero-order valence-electron chi connectivity index (χ0n) is 52.4. The van der Waals surface area contributed by atoms with E-state index in [9.17, 15) is 19.2 Å². The molecule has 0 aromatic rings. The van der Waals surface area contributed by atoms with Crippen molar-refractivity contribution in [3.05, 3.63) is 0 Å². The molecule has 14 aliphatic rings. The summed E-state index contributed by atoms with van der Waals surface area (Å²) in [6.07, 6.45) is 29.9. The topological polar surface area (TPSA) is 142 Å². The Bertz CT molecular complexity index is 2040. The third-order valence-electron chi connectivity index (χ3n) is 24.4. The van der Waals surface area contributed by atoms with Crippen molar-refractivity contribution in [2.75, 3.05) is 20.4 Å². The van der Waals surface area contributed by atoms with Crippen LogP contribution in [0.4, 0.5) is 0 Å². The second-order valence-corrected chi connectivity index (χ2v) is 31.1. The molecule has 11 unspecified atom stereocenters. The molecule has 11 atom stereocenters. The van der Waals surface area contributed by atoms with Gasteiger partial charge in [0.2, 0.25) is 0 Å². The number of hydrogen-bond donors (Lipinski definition) is 0. The number of rotatable bonds is 20. The molecule has 14 bridgehead atoms. The van der Waals surface area contributed by atoms with E-state index in [4.69, 9.17) is 37.9 Å². The van der Waals surface area contributed by atoms with Crippen molar-refractivity contribution in [3.63, 3.8) is 0 Å². The second kappa shape index (κ2) is 25.7. The molecule has 0 amide bonds. The lowest BCUT2D eigenvalue weighted by Gasteiger charge is -2.54. The van der Waals surface area contributed by atoms with Crippen LogP contribution in [0.15, 0.2) is 0 Å². The van der Waals surface area contributed by atoms with Crippen molar-refractivity contribution in [1.29, 1.82) is 0 Å². The maximum absolute atomic E-state index is 12.2. The highest BCUT2D eigenvalue weighted by Gasteiger charge is 2.63. The molecule has 0 aliphatic heterocycles. The minimum absolute atomic E-state index is 0.129. The largest absolute Gasteiger partial charge is 0.438 e. The first-order chi connectivity index (χ1) is 37.9. The molecule has 0 N–H and O–H groups in total. The molecule has 14 fully saturated rings. The van der Waals surface area contributed by atoms with Crippen LogP contribution in [0.1, 0.15) is 238 Å². The van der Waals surface area contributed by atoms with Gasteiger partial charge in [0.15, 0.2) is 26.7 Å². The van der Waals surface area contributed by atoms with Crippen LogP contribution in [0.25, 0.3) is 0 Å². The first-order valence-corrected chi connectivity index (χ1v) is 33.1. The van der Waals surface area contributed by atoms with Crippen molar-refractivity contribution < 1.29 is 57.1 Å². The molecule has 80 heavy (non-hydrogen) atoms. The summed E-state index contributed by atoms with van der Waals surface area (Å²) in [6, 6.07) is 0. The van der Waals surface area contributed by atoms with E-state index in [1.165, 1.54) is 122 Å². The van der Waals surface area contributed by atoms with Gasteiger partial charge in [0, 0.05) is 0 Å². The van der Waals surface area contributed by atoms with Gasteiger partial charge in [-0.15, -0.1) is 0 Å². The minimum atomic E-state index is -0.415. The van der Waals surface area contributed by atoms with Gasteiger partial charge in [0.25, 0.3) is 0 Å². The van der Waals surface area contributed by atoms with Crippen molar-refractivity contribution >= 4 is 23.9 Å². The van der Waals surface area contributed by atoms with Crippen LogP contribution in [0.3, 0.4) is 0 Å². The van der Waals surface area contributed by atoms with Crippen LogP contribution in [0, 0.1) is 116 Å². The summed E-state index contributed by atoms with van der Waals surface area (Å²) in [4.78, 5) is 47.8. The minimum Gasteiger partial charge on any atom is -0.438 e. The molecular formula is C68H112O12. The average molecular weight is 1120 g/mol. The molecule has 0 spiro atoms. The number of carbonyl (C=O) groups is 4. The van der Waals surface area contributed by atoms with Crippen LogP contribution in [0.2, 0.25) is 0 Å². The number of carbonyl (C=O) groups excluding carboxylic acids is 4. The van der Waals surface area contributed by atoms with E-state index < -0.39 is 27.9 Å². The Labute approximate surface area is 484 Å². The van der Waals surface area contributed by atoms with Crippen LogP contribution in [-0.2, 0) is 57.1 Å². The van der Waals surface area contributed by atoms with Crippen molar-refractivity contribution in [2.45, 2.75) is 268 Å². The van der Waals surface area contributed by atoms with Crippen LogP contribution in [-0.4, -0.2) is 75.0 Å². The number of ether oxygens (including phenoxy) is 8. The number of fused-ring (bicyclic) bond motifs is 11. The highest BCUT2D eigenvalue weighted by molar-refractivity contribution is 5.77. The third-order valence-corrected chi connectivity index (χ3v) is 24.4. The Morgan fingerprint density at radius 3 is 1.21 bits per heavy atom. The number of esters is 4. The van der Waals surface area contributed by atoms with E-state index in [2.05, 4.69) is 0 Å². The Morgan fingerprint density at radius 1 is 0.375 bits per heavy atom. The van der Waals surface area contributed by atoms with Gasteiger partial charge >= 0.3 is 23.9 Å². The molecule has 0 saturated heterocycles. The summed E-state index contributed by atoms with van der Waals surface area (Å²) in [6.45, 7) is 25.8. The molecule has 12 nitrogen and oxygen atoms in total. The standard InChI is InChI=1S/C19H30O3.C18H30O3.C17H28O3.C14H24O3/c1-4-19(2,3)18(20)22-10-21-15-9-13-8-14(15)17-12-6-5-11(7-12)16(13)17;1-5-18(3,4)17(19)21-11(2)20-16-14-7-12-6-13(9-14)10-15(16)8-12;1-4-17(2,3)16(18)20-10-19-15-13-6-11-5-12(8-13)9-14(15)7-11;1-4-14(2,3)13(15)17-9-16-12-8-10-5-6-11(12)7-10/h11-17H,4-10H2,1-3H3;11-16H,5-10H2,1-4H3;11-15H,4-10H2,1-3H3;10-12H,4-9H2,1-3H3. The lowest BCUT2D eigenvalue weighted by Crippen LogP contribution is -2.50. The van der Waals surface area contributed by atoms with Crippen LogP contribution < -0.4 is 0 Å². The van der Waals surface area contributed by atoms with E-state index in [0.29, 0.717) is 36.3 Å². The second-order valence-electron chi connectivity index (χ2n) is 31.1. The Hall–Kier alpha value is -2.28. The van der Waals surface area contributed by atoms with Crippen molar-refractivity contribution in [3.8, 4) is 0 Å². The highest BCUT2D eigenvalue weighted by Crippen LogP contribution is 2.68. The fourth-order valence-electron chi connectivity index (χ4n) is 18.6. The first-order valence-electron chi connectivity index (χ1n) is 33.1. The molecule has 14 rings (SSSR count). The van der Waals surface area contributed by atoms with Gasteiger partial charge in [-0.25, -0.2) is 0 Å². The summed E-state index contributed by atoms with van der Waals surface area (Å²) in [7, 11) is 0. The molecule has 14 saturated carbocycles. The third kappa shape index (κ3) is 14.0. The normalized spacial score (nSPS) is 39.3. The molecule has 0 aromatic carbocycles. The molecule has 14 aliphatic carbocycles. The summed E-state index contributed by atoms with van der Waals surface area (Å²) in [5, 5.41) is 0. The SMILES string of the molecule is CCC(C)(C)C(=O)OC(C)OC1C2CC3CC(C2)CC1C3.CCC(C)(C)C(=O)OCOC1C2CC3CC(C2)CC1C3.CCC(C)(C)C(=O)OCOC1CC2CC1C1C3CCC(C3)C21.CCC(C)(C)C(=O)OCOC1CC2CCC1C2. The smallest absolute Gasteiger partial charge is 0.313 e. The van der Waals surface area contributed by atoms with Gasteiger partial charge in [-0.2, -0.15) is 0 Å². The van der Waals surface area contributed by atoms with E-state index in [1.807, 2.05) is 90.0 Å². The van der Waals surface area contributed by atoms with E-state index in [-0.39, 0.29) is 44.3 Å². The Morgan fingerprint density at radius 2 is 0.775 bits per heavy atom. The summed E-state index contributed by atoms with van der Waals surface area (Å²) in [5.74, 6) is 13.3. The van der Waals surface area contributed by atoms with E-state index in [1.54, 1.807) is 0 Å². The zero-order valence-corrected chi connectivity index (χ0v) is 52.4. The van der Waals surface area contributed by atoms with Crippen LogP contribution >= 0.6 is 0 Å². The first kappa shape index (κ1) is 62.3. The Balaban J connectivity index is 0.000000130. The van der Waals surface area contributed by atoms with Gasteiger partial charge < -0.3 is 37.9 Å². The summed E-state index contributed by atoms with van der Waals surface area (Å²) < 4.78 is 45.4. The fraction of sp³-hybridized carbons (Fsp3) is 0.941. The van der Waals surface area contributed by atoms with E-state index in [0.717, 1.165) is 109 Å². The highest BCUT2D eigenvalue weighted by atomic mass is 16.7. The average Bonchev–Trinajstić information content (AvgIpc) is 4.47. The molecule has 12 heteroatoms. The fourth-order valence-corrected chi connectivity index (χ4v) is 18.6. The van der Waals surface area contributed by atoms with Gasteiger partial charge in [-0.1, -0.05) is 27.7 Å². The van der Waals surface area contributed by atoms with Crippen molar-refractivity contribution in [1.82, 2.24) is 0 Å². The quantitative estimate of drug-likeness (QED) is 0.0496. The molecular weight excluding hydrogens is 1010 g/mol.